The minimum Gasteiger partial charge on any atom is -0.380 e. The standard InChI is InChI=1S/C19H25FN4O/c1-23-9-7-21-18(23)12-24-8-3-6-19(14-24)11-17(13-25-19)22-16-5-2-4-15(20)10-16/h2,4-5,7,9-10,17,22H,3,6,8,11-14H2,1H3/t17-,19-/m0/s1. The van der Waals surface area contributed by atoms with E-state index in [-0.39, 0.29) is 17.5 Å². The summed E-state index contributed by atoms with van der Waals surface area (Å²) in [5.41, 5.74) is 0.736. The normalized spacial score (nSPS) is 27.0. The van der Waals surface area contributed by atoms with E-state index in [2.05, 4.69) is 19.8 Å². The van der Waals surface area contributed by atoms with Gasteiger partial charge >= 0.3 is 0 Å². The molecule has 2 atom stereocenters. The minimum atomic E-state index is -0.211. The second-order valence-corrected chi connectivity index (χ2v) is 7.32. The highest BCUT2D eigenvalue weighted by molar-refractivity contribution is 5.44. The van der Waals surface area contributed by atoms with Crippen molar-refractivity contribution in [2.45, 2.75) is 37.5 Å². The Morgan fingerprint density at radius 2 is 2.36 bits per heavy atom. The quantitative estimate of drug-likeness (QED) is 0.926. The van der Waals surface area contributed by atoms with E-state index in [1.54, 1.807) is 12.1 Å². The number of anilines is 1. The van der Waals surface area contributed by atoms with Crippen molar-refractivity contribution in [2.24, 2.45) is 7.05 Å². The second-order valence-electron chi connectivity index (χ2n) is 7.32. The van der Waals surface area contributed by atoms with Crippen LogP contribution in [-0.4, -0.2) is 45.8 Å². The Morgan fingerprint density at radius 1 is 1.44 bits per heavy atom. The molecule has 2 fully saturated rings. The molecule has 0 radical (unpaired) electrons. The zero-order chi connectivity index (χ0) is 17.3. The Morgan fingerprint density at radius 3 is 3.16 bits per heavy atom. The number of benzene rings is 1. The Hall–Kier alpha value is -1.92. The molecule has 1 aromatic heterocycles. The third kappa shape index (κ3) is 3.70. The fourth-order valence-electron chi connectivity index (χ4n) is 4.11. The lowest BCUT2D eigenvalue weighted by molar-refractivity contribution is -0.0539. The van der Waals surface area contributed by atoms with Crippen LogP contribution in [0.25, 0.3) is 0 Å². The molecule has 3 heterocycles. The fraction of sp³-hybridized carbons (Fsp3) is 0.526. The van der Waals surface area contributed by atoms with Gasteiger partial charge in [0.15, 0.2) is 0 Å². The first kappa shape index (κ1) is 16.5. The first-order chi connectivity index (χ1) is 12.1. The number of piperidine rings is 1. The van der Waals surface area contributed by atoms with Gasteiger partial charge in [-0.1, -0.05) is 6.07 Å². The monoisotopic (exact) mass is 344 g/mol. The summed E-state index contributed by atoms with van der Waals surface area (Å²) in [5.74, 6) is 0.877. The molecule has 0 amide bonds. The van der Waals surface area contributed by atoms with Crippen LogP contribution in [0.3, 0.4) is 0 Å². The predicted molar refractivity (Wildman–Crippen MR) is 94.8 cm³/mol. The van der Waals surface area contributed by atoms with E-state index < -0.39 is 0 Å². The summed E-state index contributed by atoms with van der Waals surface area (Å²) in [5, 5.41) is 3.42. The van der Waals surface area contributed by atoms with Crippen LogP contribution in [0.2, 0.25) is 0 Å². The SMILES string of the molecule is Cn1ccnc1CN1CCC[C@]2(C[C@H](Nc3cccc(F)c3)CO2)C1. The molecule has 1 N–H and O–H groups in total. The predicted octanol–water partition coefficient (Wildman–Crippen LogP) is 2.79. The smallest absolute Gasteiger partial charge is 0.125 e. The van der Waals surface area contributed by atoms with E-state index in [1.807, 2.05) is 25.5 Å². The first-order valence-electron chi connectivity index (χ1n) is 8.97. The lowest BCUT2D eigenvalue weighted by atomic mass is 9.88. The molecule has 0 saturated carbocycles. The van der Waals surface area contributed by atoms with Crippen LogP contribution in [0.15, 0.2) is 36.7 Å². The van der Waals surface area contributed by atoms with Crippen LogP contribution in [0, 0.1) is 5.82 Å². The lowest BCUT2D eigenvalue weighted by Gasteiger charge is -2.39. The van der Waals surface area contributed by atoms with Gasteiger partial charge in [0.05, 0.1) is 24.8 Å². The van der Waals surface area contributed by atoms with Crippen LogP contribution in [0.1, 0.15) is 25.1 Å². The van der Waals surface area contributed by atoms with Crippen molar-refractivity contribution in [3.05, 3.63) is 48.3 Å². The third-order valence-corrected chi connectivity index (χ3v) is 5.31. The molecule has 25 heavy (non-hydrogen) atoms. The Kier molecular flexibility index (Phi) is 4.48. The molecular weight excluding hydrogens is 319 g/mol. The maximum Gasteiger partial charge on any atom is 0.125 e. The maximum atomic E-state index is 13.4. The van der Waals surface area contributed by atoms with Gasteiger partial charge in [0.2, 0.25) is 0 Å². The highest BCUT2D eigenvalue weighted by atomic mass is 19.1. The maximum absolute atomic E-state index is 13.4. The van der Waals surface area contributed by atoms with Gasteiger partial charge in [0.1, 0.15) is 11.6 Å². The number of likely N-dealkylation sites (tertiary alicyclic amines) is 1. The number of nitrogens with zero attached hydrogens (tertiary/aromatic N) is 3. The number of hydrogen-bond acceptors (Lipinski definition) is 4. The van der Waals surface area contributed by atoms with Gasteiger partial charge in [-0.15, -0.1) is 0 Å². The summed E-state index contributed by atoms with van der Waals surface area (Å²) in [7, 11) is 2.03. The second kappa shape index (κ2) is 6.77. The lowest BCUT2D eigenvalue weighted by Crippen LogP contribution is -2.48. The highest BCUT2D eigenvalue weighted by Gasteiger charge is 2.43. The molecule has 5 nitrogen and oxygen atoms in total. The van der Waals surface area contributed by atoms with E-state index in [0.717, 1.165) is 50.4 Å². The highest BCUT2D eigenvalue weighted by Crippen LogP contribution is 2.36. The van der Waals surface area contributed by atoms with Crippen LogP contribution >= 0.6 is 0 Å². The zero-order valence-electron chi connectivity index (χ0n) is 14.6. The molecule has 2 aromatic rings. The Labute approximate surface area is 147 Å². The van der Waals surface area contributed by atoms with Gasteiger partial charge in [-0.2, -0.15) is 0 Å². The molecule has 0 aliphatic carbocycles. The number of imidazole rings is 1. The summed E-state index contributed by atoms with van der Waals surface area (Å²) < 4.78 is 21.7. The van der Waals surface area contributed by atoms with Crippen molar-refractivity contribution in [1.82, 2.24) is 14.5 Å². The molecule has 0 unspecified atom stereocenters. The fourth-order valence-corrected chi connectivity index (χ4v) is 4.11. The molecule has 2 aliphatic rings. The van der Waals surface area contributed by atoms with Crippen LogP contribution in [0.4, 0.5) is 10.1 Å². The molecule has 2 saturated heterocycles. The van der Waals surface area contributed by atoms with Crippen molar-refractivity contribution in [3.63, 3.8) is 0 Å². The molecule has 1 aromatic carbocycles. The average Bonchev–Trinajstić information content (AvgIpc) is 3.15. The van der Waals surface area contributed by atoms with Crippen molar-refractivity contribution in [2.75, 3.05) is 25.0 Å². The van der Waals surface area contributed by atoms with Crippen molar-refractivity contribution in [1.29, 1.82) is 0 Å². The number of nitrogens with one attached hydrogen (secondary N) is 1. The molecule has 2 aliphatic heterocycles. The third-order valence-electron chi connectivity index (χ3n) is 5.31. The van der Waals surface area contributed by atoms with Gasteiger partial charge < -0.3 is 14.6 Å². The Balaban J connectivity index is 1.38. The number of rotatable bonds is 4. The molecule has 1 spiro atoms. The number of ether oxygens (including phenoxy) is 1. The van der Waals surface area contributed by atoms with E-state index in [0.29, 0.717) is 6.61 Å². The summed E-state index contributed by atoms with van der Waals surface area (Å²) in [6.45, 7) is 3.55. The topological polar surface area (TPSA) is 42.3 Å². The number of halogens is 1. The van der Waals surface area contributed by atoms with Crippen LogP contribution < -0.4 is 5.32 Å². The van der Waals surface area contributed by atoms with Gasteiger partial charge in [0.25, 0.3) is 0 Å². The minimum absolute atomic E-state index is 0.0889. The van der Waals surface area contributed by atoms with Gasteiger partial charge in [0, 0.05) is 31.7 Å². The molecule has 0 bridgehead atoms. The Bertz CT molecular complexity index is 734. The molecular formula is C19H25FN4O. The largest absolute Gasteiger partial charge is 0.380 e. The average molecular weight is 344 g/mol. The molecule has 6 heteroatoms. The summed E-state index contributed by atoms with van der Waals surface area (Å²) in [6, 6.07) is 6.88. The summed E-state index contributed by atoms with van der Waals surface area (Å²) >= 11 is 0. The van der Waals surface area contributed by atoms with Crippen LogP contribution in [-0.2, 0) is 18.3 Å². The summed E-state index contributed by atoms with van der Waals surface area (Å²) in [6.07, 6.45) is 7.02. The number of aromatic nitrogens is 2. The molecule has 4 rings (SSSR count). The molecule has 134 valence electrons. The van der Waals surface area contributed by atoms with E-state index in [9.17, 15) is 4.39 Å². The van der Waals surface area contributed by atoms with Gasteiger partial charge in [-0.05, 0) is 44.0 Å². The van der Waals surface area contributed by atoms with Crippen LogP contribution in [0.5, 0.6) is 0 Å². The van der Waals surface area contributed by atoms with Gasteiger partial charge in [-0.3, -0.25) is 4.90 Å². The van der Waals surface area contributed by atoms with Crippen molar-refractivity contribution in [3.8, 4) is 0 Å². The zero-order valence-corrected chi connectivity index (χ0v) is 14.6. The number of hydrogen-bond donors (Lipinski definition) is 1. The van der Waals surface area contributed by atoms with E-state index in [1.165, 1.54) is 6.07 Å². The number of aryl methyl sites for hydroxylation is 1. The van der Waals surface area contributed by atoms with Crippen molar-refractivity contribution >= 4 is 5.69 Å². The first-order valence-corrected chi connectivity index (χ1v) is 8.97. The van der Waals surface area contributed by atoms with E-state index in [4.69, 9.17) is 4.74 Å². The van der Waals surface area contributed by atoms with Gasteiger partial charge in [-0.25, -0.2) is 9.37 Å². The van der Waals surface area contributed by atoms with E-state index >= 15 is 0 Å². The summed E-state index contributed by atoms with van der Waals surface area (Å²) in [4.78, 5) is 6.88. The van der Waals surface area contributed by atoms with Crippen molar-refractivity contribution < 1.29 is 9.13 Å².